The molecule has 2 unspecified atom stereocenters. The minimum absolute atomic E-state index is 0.0160. The fourth-order valence-electron chi connectivity index (χ4n) is 4.59. The SMILES string of the molecule is C/C(=C\C(=O)OCCCCCCCCC(=O)O)C[C@@H]1OC[C@H](CC2OC2[C@@H](C)[C@H](C)O)[C@@H](O)[C@H]1O. The van der Waals surface area contributed by atoms with Crippen LogP contribution in [0.5, 0.6) is 0 Å². The Morgan fingerprint density at radius 2 is 1.69 bits per heavy atom. The number of aliphatic hydroxyl groups is 3. The first-order valence-electron chi connectivity index (χ1n) is 13.0. The van der Waals surface area contributed by atoms with Crippen LogP contribution in [0, 0.1) is 11.8 Å². The van der Waals surface area contributed by atoms with Gasteiger partial charge in [0.25, 0.3) is 0 Å². The van der Waals surface area contributed by atoms with Gasteiger partial charge in [0.1, 0.15) is 6.10 Å². The number of aliphatic carboxylic acids is 1. The molecular weight excluding hydrogens is 456 g/mol. The molecule has 4 N–H and O–H groups in total. The van der Waals surface area contributed by atoms with E-state index < -0.39 is 36.4 Å². The Bertz CT molecular complexity index is 692. The third-order valence-electron chi connectivity index (χ3n) is 7.09. The first-order valence-corrected chi connectivity index (χ1v) is 13.0. The van der Waals surface area contributed by atoms with Gasteiger partial charge in [-0.25, -0.2) is 4.79 Å². The number of rotatable bonds is 16. The van der Waals surface area contributed by atoms with Crippen LogP contribution in [-0.4, -0.2) is 82.2 Å². The Hall–Kier alpha value is -1.52. The van der Waals surface area contributed by atoms with Gasteiger partial charge >= 0.3 is 11.9 Å². The second-order valence-corrected chi connectivity index (χ2v) is 10.2. The summed E-state index contributed by atoms with van der Waals surface area (Å²) in [5, 5.41) is 39.5. The maximum Gasteiger partial charge on any atom is 0.330 e. The second kappa shape index (κ2) is 14.9. The first-order chi connectivity index (χ1) is 16.6. The Morgan fingerprint density at radius 3 is 2.34 bits per heavy atom. The molecule has 0 amide bonds. The number of hydrogen-bond acceptors (Lipinski definition) is 8. The average molecular weight is 501 g/mol. The molecule has 0 aromatic heterocycles. The molecule has 2 heterocycles. The Labute approximate surface area is 208 Å². The van der Waals surface area contributed by atoms with Crippen molar-refractivity contribution >= 4 is 11.9 Å². The smallest absolute Gasteiger partial charge is 0.330 e. The Kier molecular flexibility index (Phi) is 12.6. The summed E-state index contributed by atoms with van der Waals surface area (Å²) < 4.78 is 16.7. The number of carbonyl (C=O) groups is 2. The fourth-order valence-corrected chi connectivity index (χ4v) is 4.59. The number of esters is 1. The molecule has 202 valence electrons. The van der Waals surface area contributed by atoms with Crippen LogP contribution in [0.1, 0.15) is 78.6 Å². The van der Waals surface area contributed by atoms with Gasteiger partial charge in [-0.1, -0.05) is 38.2 Å². The van der Waals surface area contributed by atoms with Crippen LogP contribution in [0.2, 0.25) is 0 Å². The molecule has 0 aromatic carbocycles. The normalized spacial score (nSPS) is 30.5. The minimum atomic E-state index is -1.06. The zero-order valence-corrected chi connectivity index (χ0v) is 21.3. The quantitative estimate of drug-likeness (QED) is 0.109. The number of aliphatic hydroxyl groups excluding tert-OH is 3. The van der Waals surface area contributed by atoms with Gasteiger partial charge in [0.15, 0.2) is 0 Å². The summed E-state index contributed by atoms with van der Waals surface area (Å²) in [4.78, 5) is 22.5. The van der Waals surface area contributed by atoms with Gasteiger partial charge in [-0.05, 0) is 39.5 Å². The molecular formula is C26H44O9. The molecule has 9 nitrogen and oxygen atoms in total. The van der Waals surface area contributed by atoms with Crippen LogP contribution >= 0.6 is 0 Å². The maximum absolute atomic E-state index is 12.1. The third kappa shape index (κ3) is 10.6. The Balaban J connectivity index is 1.62. The number of ether oxygens (including phenoxy) is 3. The van der Waals surface area contributed by atoms with Crippen molar-refractivity contribution in [1.82, 2.24) is 0 Å². The van der Waals surface area contributed by atoms with Gasteiger partial charge in [0.2, 0.25) is 0 Å². The minimum Gasteiger partial charge on any atom is -0.481 e. The predicted molar refractivity (Wildman–Crippen MR) is 129 cm³/mol. The number of carbonyl (C=O) groups excluding carboxylic acids is 1. The van der Waals surface area contributed by atoms with Crippen LogP contribution in [0.3, 0.4) is 0 Å². The van der Waals surface area contributed by atoms with E-state index >= 15 is 0 Å². The second-order valence-electron chi connectivity index (χ2n) is 10.2. The third-order valence-corrected chi connectivity index (χ3v) is 7.09. The van der Waals surface area contributed by atoms with E-state index in [1.54, 1.807) is 13.8 Å². The summed E-state index contributed by atoms with van der Waals surface area (Å²) in [6.07, 6.45) is 4.61. The summed E-state index contributed by atoms with van der Waals surface area (Å²) in [6.45, 7) is 6.07. The van der Waals surface area contributed by atoms with Crippen LogP contribution in [0.4, 0.5) is 0 Å². The lowest BCUT2D eigenvalue weighted by Gasteiger charge is -2.38. The van der Waals surface area contributed by atoms with Crippen LogP contribution in [0.25, 0.3) is 0 Å². The van der Waals surface area contributed by atoms with Gasteiger partial charge in [-0.2, -0.15) is 0 Å². The van der Waals surface area contributed by atoms with Crippen molar-refractivity contribution in [3.8, 4) is 0 Å². The summed E-state index contributed by atoms with van der Waals surface area (Å²) in [5.74, 6) is -1.42. The van der Waals surface area contributed by atoms with E-state index in [4.69, 9.17) is 19.3 Å². The average Bonchev–Trinajstić information content (AvgIpc) is 3.55. The molecule has 0 bridgehead atoms. The first kappa shape index (κ1) is 29.7. The van der Waals surface area contributed by atoms with Crippen molar-refractivity contribution in [3.05, 3.63) is 11.6 Å². The number of unbranched alkanes of at least 4 members (excludes halogenated alkanes) is 5. The molecule has 0 radical (unpaired) electrons. The largest absolute Gasteiger partial charge is 0.481 e. The lowest BCUT2D eigenvalue weighted by molar-refractivity contribution is -0.165. The highest BCUT2D eigenvalue weighted by Crippen LogP contribution is 2.38. The fraction of sp³-hybridized carbons (Fsp3) is 0.846. The van der Waals surface area contributed by atoms with E-state index in [9.17, 15) is 24.9 Å². The van der Waals surface area contributed by atoms with Gasteiger partial charge in [-0.3, -0.25) is 4.79 Å². The molecule has 35 heavy (non-hydrogen) atoms. The van der Waals surface area contributed by atoms with Gasteiger partial charge in [-0.15, -0.1) is 0 Å². The van der Waals surface area contributed by atoms with Crippen LogP contribution in [-0.2, 0) is 23.8 Å². The monoisotopic (exact) mass is 500 g/mol. The van der Waals surface area contributed by atoms with Gasteiger partial charge in [0, 0.05) is 24.3 Å². The van der Waals surface area contributed by atoms with E-state index in [2.05, 4.69) is 0 Å². The zero-order chi connectivity index (χ0) is 26.0. The molecule has 2 aliphatic heterocycles. The van der Waals surface area contributed by atoms with E-state index in [-0.39, 0.29) is 30.5 Å². The summed E-state index contributed by atoms with van der Waals surface area (Å²) in [5.41, 5.74) is 0.708. The van der Waals surface area contributed by atoms with Crippen LogP contribution in [0.15, 0.2) is 11.6 Å². The lowest BCUT2D eigenvalue weighted by atomic mass is 9.85. The maximum atomic E-state index is 12.1. The van der Waals surface area contributed by atoms with Crippen molar-refractivity contribution in [2.75, 3.05) is 13.2 Å². The van der Waals surface area contributed by atoms with E-state index in [0.29, 0.717) is 38.0 Å². The molecule has 0 spiro atoms. The molecule has 0 aliphatic carbocycles. The topological polar surface area (TPSA) is 146 Å². The van der Waals surface area contributed by atoms with Crippen molar-refractivity contribution < 1.29 is 44.2 Å². The zero-order valence-electron chi connectivity index (χ0n) is 21.3. The van der Waals surface area contributed by atoms with E-state index in [0.717, 1.165) is 32.1 Å². The van der Waals surface area contributed by atoms with Crippen molar-refractivity contribution in [2.24, 2.45) is 11.8 Å². The summed E-state index contributed by atoms with van der Waals surface area (Å²) in [7, 11) is 0. The number of epoxide rings is 1. The molecule has 0 saturated carbocycles. The molecule has 2 saturated heterocycles. The van der Waals surface area contributed by atoms with E-state index in [1.807, 2.05) is 6.92 Å². The molecule has 8 atom stereocenters. The molecule has 2 fully saturated rings. The molecule has 2 aliphatic rings. The highest BCUT2D eigenvalue weighted by atomic mass is 16.6. The van der Waals surface area contributed by atoms with E-state index in [1.165, 1.54) is 6.08 Å². The highest BCUT2D eigenvalue weighted by molar-refractivity contribution is 5.82. The standard InChI is InChI=1S/C26H44O9/c1-16(13-23(30)33-11-9-7-5-4-6-8-10-22(28)29)12-20-25(32)24(31)19(15-34-20)14-21-26(35-21)17(2)18(3)27/h13,17-21,24-27,31-32H,4-12,14-15H2,1-3H3,(H,28,29)/b16-13+/t17-,18-,19-,20-,21?,24+,25-,26?/m0/s1. The molecule has 2 rings (SSSR count). The molecule has 0 aromatic rings. The van der Waals surface area contributed by atoms with Crippen molar-refractivity contribution in [3.63, 3.8) is 0 Å². The van der Waals surface area contributed by atoms with Crippen molar-refractivity contribution in [2.45, 2.75) is 115 Å². The predicted octanol–water partition coefficient (Wildman–Crippen LogP) is 2.59. The molecule has 9 heteroatoms. The lowest BCUT2D eigenvalue weighted by Crippen LogP contribution is -2.50. The summed E-state index contributed by atoms with van der Waals surface area (Å²) in [6, 6.07) is 0. The number of carboxylic acids is 1. The van der Waals surface area contributed by atoms with Gasteiger partial charge < -0.3 is 34.6 Å². The number of hydrogen-bond donors (Lipinski definition) is 4. The van der Waals surface area contributed by atoms with Crippen LogP contribution < -0.4 is 0 Å². The summed E-state index contributed by atoms with van der Waals surface area (Å²) >= 11 is 0. The Morgan fingerprint density at radius 1 is 1.03 bits per heavy atom. The number of carboxylic acid groups (broad SMARTS) is 1. The van der Waals surface area contributed by atoms with Crippen molar-refractivity contribution in [1.29, 1.82) is 0 Å². The van der Waals surface area contributed by atoms with Gasteiger partial charge in [0.05, 0.1) is 43.7 Å². The highest BCUT2D eigenvalue weighted by Gasteiger charge is 2.48.